The molecule has 8 heteroatoms. The molecule has 0 N–H and O–H groups in total. The molecule has 2 aliphatic heterocycles. The monoisotopic (exact) mass is 405 g/mol. The summed E-state index contributed by atoms with van der Waals surface area (Å²) in [6.07, 6.45) is 2.51. The first-order valence-electron chi connectivity index (χ1n) is 8.02. The predicted molar refractivity (Wildman–Crippen MR) is 89.4 cm³/mol. The number of nitrogens with zero attached hydrogens (tertiary/aromatic N) is 3. The second-order valence-corrected chi connectivity index (χ2v) is 9.31. The van der Waals surface area contributed by atoms with E-state index >= 15 is 0 Å². The number of carbonyl (C=O) groups excluding carboxylic acids is 1. The fourth-order valence-electron chi connectivity index (χ4n) is 3.46. The van der Waals surface area contributed by atoms with Crippen LogP contribution in [0.4, 0.5) is 8.78 Å². The van der Waals surface area contributed by atoms with E-state index in [4.69, 9.17) is 0 Å². The van der Waals surface area contributed by atoms with E-state index in [0.29, 0.717) is 25.9 Å². The van der Waals surface area contributed by atoms with Crippen LogP contribution in [0, 0.1) is 0 Å². The first-order valence-corrected chi connectivity index (χ1v) is 10.1. The van der Waals surface area contributed by atoms with Gasteiger partial charge in [-0.25, -0.2) is 8.78 Å². The number of amides is 1. The molecule has 4 nitrogen and oxygen atoms in total. The Bertz CT molecular complexity index is 561. The van der Waals surface area contributed by atoms with Crippen LogP contribution in [0.5, 0.6) is 0 Å². The molecule has 0 bridgehead atoms. The molecule has 1 amide bonds. The Balaban J connectivity index is 1.49. The number of thiazole rings is 1. The fourth-order valence-corrected chi connectivity index (χ4v) is 4.80. The van der Waals surface area contributed by atoms with Crippen LogP contribution in [0.1, 0.15) is 31.4 Å². The quantitative estimate of drug-likeness (QED) is 0.694. The van der Waals surface area contributed by atoms with E-state index in [1.807, 2.05) is 15.2 Å². The Morgan fingerprint density at radius 3 is 2.74 bits per heavy atom. The van der Waals surface area contributed by atoms with E-state index < -0.39 is 5.92 Å². The summed E-state index contributed by atoms with van der Waals surface area (Å²) in [5.74, 6) is -2.44. The summed E-state index contributed by atoms with van der Waals surface area (Å²) in [6, 6.07) is 0.189. The van der Waals surface area contributed by atoms with Crippen LogP contribution in [-0.2, 0) is 11.2 Å². The first-order chi connectivity index (χ1) is 10.9. The van der Waals surface area contributed by atoms with Gasteiger partial charge in [0, 0.05) is 6.42 Å². The Labute approximate surface area is 147 Å². The topological polar surface area (TPSA) is 36.4 Å². The number of hydrogen-bond donors (Lipinski definition) is 0. The number of carbonyl (C=O) groups is 1. The first kappa shape index (κ1) is 17.3. The maximum absolute atomic E-state index is 13.5. The van der Waals surface area contributed by atoms with Crippen LogP contribution in [0.15, 0.2) is 5.38 Å². The molecule has 3 rings (SSSR count). The standard InChI is InChI=1S/C15H22AsF2N3OS/c16-14-19-11(9-23-14)8-13(22)20-6-2-12(3-7-20)21-5-1-4-15(17,18)10-21/h9,12H,1-8,10,16H2. The van der Waals surface area contributed by atoms with Crippen molar-refractivity contribution >= 4 is 37.9 Å². The summed E-state index contributed by atoms with van der Waals surface area (Å²) >= 11 is 3.05. The molecule has 1 unspecified atom stereocenters. The van der Waals surface area contributed by atoms with E-state index in [2.05, 4.69) is 4.98 Å². The molecule has 1 aromatic rings. The predicted octanol–water partition coefficient (Wildman–Crippen LogP) is 0.666. The molecule has 23 heavy (non-hydrogen) atoms. The van der Waals surface area contributed by atoms with Gasteiger partial charge in [-0.15, -0.1) is 0 Å². The van der Waals surface area contributed by atoms with Crippen molar-refractivity contribution in [1.82, 2.24) is 14.8 Å². The van der Waals surface area contributed by atoms with Gasteiger partial charge in [0.05, 0.1) is 0 Å². The van der Waals surface area contributed by atoms with Crippen molar-refractivity contribution in [1.29, 1.82) is 0 Å². The molecular formula is C15H22AsF2N3OS. The van der Waals surface area contributed by atoms with Crippen LogP contribution in [-0.4, -0.2) is 75.7 Å². The molecule has 2 aliphatic rings. The molecule has 2 fully saturated rings. The molecule has 0 radical (unpaired) electrons. The van der Waals surface area contributed by atoms with Crippen molar-refractivity contribution in [2.75, 3.05) is 26.2 Å². The molecule has 0 aromatic carbocycles. The van der Waals surface area contributed by atoms with Gasteiger partial charge in [0.15, 0.2) is 0 Å². The average molecular weight is 405 g/mol. The minimum atomic E-state index is -2.55. The second kappa shape index (κ2) is 7.16. The molecule has 1 atom stereocenters. The Morgan fingerprint density at radius 1 is 1.39 bits per heavy atom. The molecule has 128 valence electrons. The van der Waals surface area contributed by atoms with E-state index in [1.54, 1.807) is 11.3 Å². The molecule has 0 spiro atoms. The number of hydrogen-bond acceptors (Lipinski definition) is 4. The van der Waals surface area contributed by atoms with Gasteiger partial charge in [0.1, 0.15) is 0 Å². The van der Waals surface area contributed by atoms with E-state index in [9.17, 15) is 13.6 Å². The summed E-state index contributed by atoms with van der Waals surface area (Å²) in [5.41, 5.74) is 0.845. The zero-order chi connectivity index (χ0) is 16.4. The molecule has 3 heterocycles. The van der Waals surface area contributed by atoms with Gasteiger partial charge in [0.2, 0.25) is 0 Å². The van der Waals surface area contributed by atoms with E-state index in [1.165, 1.54) is 16.9 Å². The SMILES string of the molecule is O=C(Cc1csc([AsH2])n1)N1CCC(N2CCCC(F)(F)C2)CC1. The second-order valence-electron chi connectivity index (χ2n) is 6.40. The van der Waals surface area contributed by atoms with Crippen LogP contribution in [0.2, 0.25) is 0 Å². The summed E-state index contributed by atoms with van der Waals surface area (Å²) in [6.45, 7) is 1.97. The third-order valence-corrected chi connectivity index (χ3v) is 6.51. The number of halogens is 2. The number of likely N-dealkylation sites (tertiary alicyclic amines) is 2. The van der Waals surface area contributed by atoms with Crippen molar-refractivity contribution in [3.63, 3.8) is 0 Å². The van der Waals surface area contributed by atoms with Crippen molar-refractivity contribution in [3.8, 4) is 0 Å². The maximum atomic E-state index is 13.5. The fraction of sp³-hybridized carbons (Fsp3) is 0.733. The van der Waals surface area contributed by atoms with Gasteiger partial charge in [-0.05, 0) is 0 Å². The number of aromatic nitrogens is 1. The van der Waals surface area contributed by atoms with Crippen LogP contribution < -0.4 is 3.80 Å². The summed E-state index contributed by atoms with van der Waals surface area (Å²) < 4.78 is 28.1. The van der Waals surface area contributed by atoms with Crippen LogP contribution >= 0.6 is 11.3 Å². The van der Waals surface area contributed by atoms with Gasteiger partial charge >= 0.3 is 132 Å². The molecule has 0 saturated carbocycles. The van der Waals surface area contributed by atoms with Crippen molar-refractivity contribution < 1.29 is 13.6 Å². The molecule has 1 aromatic heterocycles. The zero-order valence-electron chi connectivity index (χ0n) is 13.0. The van der Waals surface area contributed by atoms with Gasteiger partial charge < -0.3 is 0 Å². The third-order valence-electron chi connectivity index (χ3n) is 4.66. The van der Waals surface area contributed by atoms with Crippen molar-refractivity contribution in [2.24, 2.45) is 0 Å². The van der Waals surface area contributed by atoms with Gasteiger partial charge in [0.25, 0.3) is 0 Å². The number of alkyl halides is 2. The Kier molecular flexibility index (Phi) is 5.38. The summed E-state index contributed by atoms with van der Waals surface area (Å²) in [4.78, 5) is 20.5. The van der Waals surface area contributed by atoms with Gasteiger partial charge in [-0.2, -0.15) is 0 Å². The Hall–Kier alpha value is -0.522. The normalized spacial score (nSPS) is 23.2. The van der Waals surface area contributed by atoms with Gasteiger partial charge in [-0.1, -0.05) is 0 Å². The zero-order valence-corrected chi connectivity index (χ0v) is 16.2. The van der Waals surface area contributed by atoms with Crippen molar-refractivity contribution in [3.05, 3.63) is 11.1 Å². The minimum absolute atomic E-state index is 0.00910. The van der Waals surface area contributed by atoms with E-state index in [0.717, 1.165) is 28.9 Å². The van der Waals surface area contributed by atoms with E-state index in [-0.39, 0.29) is 24.9 Å². The molecular weight excluding hydrogens is 383 g/mol. The average Bonchev–Trinajstić information content (AvgIpc) is 2.91. The number of piperidine rings is 2. The summed E-state index contributed by atoms with van der Waals surface area (Å²) in [5, 5.41) is 1.94. The molecule has 2 saturated heterocycles. The Morgan fingerprint density at radius 2 is 2.13 bits per heavy atom. The molecule has 0 aliphatic carbocycles. The van der Waals surface area contributed by atoms with Crippen LogP contribution in [0.25, 0.3) is 0 Å². The number of rotatable bonds is 3. The van der Waals surface area contributed by atoms with Gasteiger partial charge in [-0.3, -0.25) is 0 Å². The summed E-state index contributed by atoms with van der Waals surface area (Å²) in [7, 11) is 0. The van der Waals surface area contributed by atoms with Crippen LogP contribution in [0.3, 0.4) is 0 Å². The third kappa shape index (κ3) is 4.52. The van der Waals surface area contributed by atoms with Crippen molar-refractivity contribution in [2.45, 2.75) is 44.1 Å².